The third kappa shape index (κ3) is 2.60. The molecule has 0 aromatic rings. The van der Waals surface area contributed by atoms with Crippen LogP contribution in [0.15, 0.2) is 0 Å². The van der Waals surface area contributed by atoms with Gasteiger partial charge in [-0.25, -0.2) is 0 Å². The van der Waals surface area contributed by atoms with E-state index in [1.807, 2.05) is 6.92 Å². The van der Waals surface area contributed by atoms with Crippen LogP contribution in [0.3, 0.4) is 0 Å². The van der Waals surface area contributed by atoms with Crippen molar-refractivity contribution in [3.8, 4) is 0 Å². The van der Waals surface area contributed by atoms with Gasteiger partial charge in [-0.2, -0.15) is 0 Å². The molecule has 0 bridgehead atoms. The van der Waals surface area contributed by atoms with E-state index in [9.17, 15) is 14.7 Å². The molecule has 1 rings (SSSR count). The average molecular weight is 244 g/mol. The fourth-order valence-corrected chi connectivity index (χ4v) is 2.28. The second kappa shape index (κ2) is 5.49. The van der Waals surface area contributed by atoms with Crippen LogP contribution < -0.4 is 0 Å². The topological polar surface area (TPSA) is 72.8 Å². The molecule has 0 heterocycles. The van der Waals surface area contributed by atoms with E-state index in [2.05, 4.69) is 0 Å². The zero-order valence-corrected chi connectivity index (χ0v) is 10.6. The summed E-state index contributed by atoms with van der Waals surface area (Å²) in [4.78, 5) is 23.9. The van der Waals surface area contributed by atoms with Crippen LogP contribution in [0.5, 0.6) is 0 Å². The molecule has 1 N–H and O–H groups in total. The predicted octanol–water partition coefficient (Wildman–Crippen LogP) is 0.890. The van der Waals surface area contributed by atoms with Crippen LogP contribution in [-0.4, -0.2) is 36.4 Å². The van der Waals surface area contributed by atoms with Gasteiger partial charge in [0, 0.05) is 6.42 Å². The number of hydrogen-bond acceptors (Lipinski definition) is 5. The van der Waals surface area contributed by atoms with Crippen molar-refractivity contribution in [2.45, 2.75) is 39.7 Å². The van der Waals surface area contributed by atoms with E-state index >= 15 is 0 Å². The lowest BCUT2D eigenvalue weighted by Gasteiger charge is -2.24. The van der Waals surface area contributed by atoms with Gasteiger partial charge in [-0.1, -0.05) is 6.92 Å². The van der Waals surface area contributed by atoms with Gasteiger partial charge >= 0.3 is 11.9 Å². The van der Waals surface area contributed by atoms with Crippen molar-refractivity contribution < 1.29 is 24.2 Å². The Labute approximate surface area is 101 Å². The third-order valence-corrected chi connectivity index (χ3v) is 3.22. The molecule has 17 heavy (non-hydrogen) atoms. The first kappa shape index (κ1) is 14.0. The molecule has 1 saturated carbocycles. The van der Waals surface area contributed by atoms with Crippen LogP contribution in [0.2, 0.25) is 0 Å². The molecule has 0 aliphatic heterocycles. The van der Waals surface area contributed by atoms with Gasteiger partial charge in [0.05, 0.1) is 19.3 Å². The molecule has 0 radical (unpaired) electrons. The molecule has 0 saturated heterocycles. The summed E-state index contributed by atoms with van der Waals surface area (Å²) in [5.41, 5.74) is -1.31. The van der Waals surface area contributed by atoms with Crippen LogP contribution in [-0.2, 0) is 19.1 Å². The molecular formula is C12H20O5. The lowest BCUT2D eigenvalue weighted by atomic mass is 9.85. The molecule has 2 atom stereocenters. The predicted molar refractivity (Wildman–Crippen MR) is 60.1 cm³/mol. The Bertz CT molecular complexity index is 269. The molecule has 0 amide bonds. The lowest BCUT2D eigenvalue weighted by Crippen LogP contribution is -2.40. The van der Waals surface area contributed by atoms with Crippen molar-refractivity contribution >= 4 is 11.9 Å². The zero-order chi connectivity index (χ0) is 13.1. The molecule has 1 fully saturated rings. The summed E-state index contributed by atoms with van der Waals surface area (Å²) < 4.78 is 9.88. The zero-order valence-electron chi connectivity index (χ0n) is 10.6. The van der Waals surface area contributed by atoms with Gasteiger partial charge in [0.1, 0.15) is 0 Å². The summed E-state index contributed by atoms with van der Waals surface area (Å²) in [5, 5.41) is 9.75. The van der Waals surface area contributed by atoms with Gasteiger partial charge < -0.3 is 14.6 Å². The Kier molecular flexibility index (Phi) is 4.51. The van der Waals surface area contributed by atoms with E-state index in [1.165, 1.54) is 0 Å². The van der Waals surface area contributed by atoms with Crippen molar-refractivity contribution in [2.24, 2.45) is 11.3 Å². The highest BCUT2D eigenvalue weighted by atomic mass is 16.6. The normalized spacial score (nSPS) is 26.6. The molecule has 1 aliphatic carbocycles. The molecule has 5 heteroatoms. The SMILES string of the molecule is CCOC(=O)C1(C(=O)OCC)C[C@@H](C)[C@H](O)C1. The maximum Gasteiger partial charge on any atom is 0.323 e. The minimum atomic E-state index is -1.31. The number of ether oxygens (including phenoxy) is 2. The van der Waals surface area contributed by atoms with Gasteiger partial charge in [-0.05, 0) is 26.2 Å². The van der Waals surface area contributed by atoms with Gasteiger partial charge in [-0.15, -0.1) is 0 Å². The van der Waals surface area contributed by atoms with Crippen LogP contribution in [0, 0.1) is 11.3 Å². The van der Waals surface area contributed by atoms with E-state index in [1.54, 1.807) is 13.8 Å². The summed E-state index contributed by atoms with van der Waals surface area (Å²) in [6.07, 6.45) is -0.290. The number of carbonyl (C=O) groups is 2. The van der Waals surface area contributed by atoms with E-state index in [0.29, 0.717) is 0 Å². The van der Waals surface area contributed by atoms with Gasteiger partial charge in [-0.3, -0.25) is 9.59 Å². The van der Waals surface area contributed by atoms with E-state index in [-0.39, 0.29) is 32.0 Å². The van der Waals surface area contributed by atoms with Crippen LogP contribution in [0.1, 0.15) is 33.6 Å². The van der Waals surface area contributed by atoms with Gasteiger partial charge in [0.15, 0.2) is 5.41 Å². The highest BCUT2D eigenvalue weighted by Crippen LogP contribution is 2.43. The van der Waals surface area contributed by atoms with Gasteiger partial charge in [0.25, 0.3) is 0 Å². The summed E-state index contributed by atoms with van der Waals surface area (Å²) >= 11 is 0. The molecule has 0 aromatic carbocycles. The highest BCUT2D eigenvalue weighted by molar-refractivity contribution is 6.00. The Morgan fingerprint density at radius 1 is 1.18 bits per heavy atom. The minimum absolute atomic E-state index is 0.0891. The first-order valence-electron chi connectivity index (χ1n) is 6.00. The standard InChI is InChI=1S/C12H20O5/c1-4-16-10(14)12(11(15)17-5-2)6-8(3)9(13)7-12/h8-9,13H,4-7H2,1-3H3/t8-,9-/m1/s1. The summed E-state index contributed by atoms with van der Waals surface area (Å²) in [6.45, 7) is 5.61. The van der Waals surface area contributed by atoms with Crippen LogP contribution >= 0.6 is 0 Å². The average Bonchev–Trinajstić information content (AvgIpc) is 2.57. The fourth-order valence-electron chi connectivity index (χ4n) is 2.28. The van der Waals surface area contributed by atoms with Crippen LogP contribution in [0.25, 0.3) is 0 Å². The highest BCUT2D eigenvalue weighted by Gasteiger charge is 2.56. The van der Waals surface area contributed by atoms with Crippen molar-refractivity contribution in [3.63, 3.8) is 0 Å². The maximum atomic E-state index is 11.9. The Hall–Kier alpha value is -1.10. The van der Waals surface area contributed by atoms with Crippen molar-refractivity contribution in [1.82, 2.24) is 0 Å². The van der Waals surface area contributed by atoms with E-state index < -0.39 is 23.5 Å². The van der Waals surface area contributed by atoms with E-state index in [4.69, 9.17) is 9.47 Å². The number of esters is 2. The summed E-state index contributed by atoms with van der Waals surface area (Å²) in [7, 11) is 0. The molecule has 5 nitrogen and oxygen atoms in total. The Morgan fingerprint density at radius 3 is 1.94 bits per heavy atom. The van der Waals surface area contributed by atoms with Crippen molar-refractivity contribution in [2.75, 3.05) is 13.2 Å². The minimum Gasteiger partial charge on any atom is -0.465 e. The largest absolute Gasteiger partial charge is 0.465 e. The molecular weight excluding hydrogens is 224 g/mol. The second-order valence-electron chi connectivity index (χ2n) is 4.48. The van der Waals surface area contributed by atoms with Crippen molar-refractivity contribution in [1.29, 1.82) is 0 Å². The number of aliphatic hydroxyl groups is 1. The first-order valence-corrected chi connectivity index (χ1v) is 6.00. The molecule has 98 valence electrons. The smallest absolute Gasteiger partial charge is 0.323 e. The summed E-state index contributed by atoms with van der Waals surface area (Å²) in [6, 6.07) is 0. The molecule has 0 aromatic heterocycles. The Morgan fingerprint density at radius 2 is 1.65 bits per heavy atom. The van der Waals surface area contributed by atoms with Crippen molar-refractivity contribution in [3.05, 3.63) is 0 Å². The quantitative estimate of drug-likeness (QED) is 0.587. The molecule has 0 spiro atoms. The number of carbonyl (C=O) groups excluding carboxylic acids is 2. The second-order valence-corrected chi connectivity index (χ2v) is 4.48. The van der Waals surface area contributed by atoms with Gasteiger partial charge in [0.2, 0.25) is 0 Å². The monoisotopic (exact) mass is 244 g/mol. The number of rotatable bonds is 4. The summed E-state index contributed by atoms with van der Waals surface area (Å²) in [5.74, 6) is -1.27. The lowest BCUT2D eigenvalue weighted by molar-refractivity contribution is -0.172. The first-order chi connectivity index (χ1) is 7.97. The number of hydrogen-bond donors (Lipinski definition) is 1. The molecule has 0 unspecified atom stereocenters. The number of aliphatic hydroxyl groups excluding tert-OH is 1. The van der Waals surface area contributed by atoms with E-state index in [0.717, 1.165) is 0 Å². The third-order valence-electron chi connectivity index (χ3n) is 3.22. The fraction of sp³-hybridized carbons (Fsp3) is 0.833. The molecule has 1 aliphatic rings. The Balaban J connectivity index is 2.94. The maximum absolute atomic E-state index is 11.9. The van der Waals surface area contributed by atoms with Crippen LogP contribution in [0.4, 0.5) is 0 Å².